The smallest absolute Gasteiger partial charge is 0.293 e. The van der Waals surface area contributed by atoms with Crippen LogP contribution in [0.5, 0.6) is 11.5 Å². The predicted octanol–water partition coefficient (Wildman–Crippen LogP) is 5.91. The molecular formula is C21H17BrClNO4S. The van der Waals surface area contributed by atoms with E-state index in [-0.39, 0.29) is 17.7 Å². The molecule has 3 rings (SSSR count). The maximum Gasteiger partial charge on any atom is 0.293 e. The maximum absolute atomic E-state index is 12.4. The number of rotatable bonds is 7. The van der Waals surface area contributed by atoms with Crippen LogP contribution in [-0.2, 0) is 11.4 Å². The van der Waals surface area contributed by atoms with Gasteiger partial charge >= 0.3 is 0 Å². The van der Waals surface area contributed by atoms with Gasteiger partial charge in [0.15, 0.2) is 11.5 Å². The summed E-state index contributed by atoms with van der Waals surface area (Å²) in [5, 5.41) is 0.350. The summed E-state index contributed by atoms with van der Waals surface area (Å²) in [4.78, 5) is 25.9. The minimum Gasteiger partial charge on any atom is -0.493 e. The Morgan fingerprint density at radius 2 is 1.93 bits per heavy atom. The standard InChI is InChI=1S/C21H17BrClNO4S/c1-3-8-24-20(25)19(29-21(24)26)10-14-9-17(27-2)18(11-16(14)22)28-12-13-4-6-15(23)7-5-13/h3-7,9-11H,1,8,12H2,2H3/b19-10+. The lowest BCUT2D eigenvalue weighted by Gasteiger charge is -2.13. The monoisotopic (exact) mass is 493 g/mol. The van der Waals surface area contributed by atoms with Gasteiger partial charge in [-0.25, -0.2) is 0 Å². The van der Waals surface area contributed by atoms with Gasteiger partial charge in [-0.15, -0.1) is 6.58 Å². The van der Waals surface area contributed by atoms with Crippen LogP contribution in [0.25, 0.3) is 6.08 Å². The minimum absolute atomic E-state index is 0.184. The molecule has 0 atom stereocenters. The van der Waals surface area contributed by atoms with Gasteiger partial charge in [-0.1, -0.05) is 45.7 Å². The fraction of sp³-hybridized carbons (Fsp3) is 0.143. The second kappa shape index (κ2) is 9.52. The molecule has 1 fully saturated rings. The third kappa shape index (κ3) is 5.04. The van der Waals surface area contributed by atoms with E-state index in [1.165, 1.54) is 6.08 Å². The van der Waals surface area contributed by atoms with Gasteiger partial charge in [0.05, 0.1) is 12.0 Å². The number of imide groups is 1. The average molecular weight is 495 g/mol. The van der Waals surface area contributed by atoms with Gasteiger partial charge in [0.2, 0.25) is 0 Å². The van der Waals surface area contributed by atoms with Crippen molar-refractivity contribution in [3.63, 3.8) is 0 Å². The molecule has 1 saturated heterocycles. The van der Waals surface area contributed by atoms with Crippen LogP contribution in [0, 0.1) is 0 Å². The van der Waals surface area contributed by atoms with Crippen LogP contribution in [0.2, 0.25) is 5.02 Å². The van der Waals surface area contributed by atoms with Crippen LogP contribution in [0.4, 0.5) is 4.79 Å². The molecule has 0 radical (unpaired) electrons. The van der Waals surface area contributed by atoms with E-state index in [1.54, 1.807) is 37.5 Å². The van der Waals surface area contributed by atoms with Crippen LogP contribution in [-0.4, -0.2) is 29.7 Å². The van der Waals surface area contributed by atoms with Crippen LogP contribution in [0.1, 0.15) is 11.1 Å². The summed E-state index contributed by atoms with van der Waals surface area (Å²) in [6, 6.07) is 10.9. The number of ether oxygens (including phenoxy) is 2. The van der Waals surface area contributed by atoms with Crippen LogP contribution < -0.4 is 9.47 Å². The first-order valence-corrected chi connectivity index (χ1v) is 10.5. The summed E-state index contributed by atoms with van der Waals surface area (Å²) < 4.78 is 12.0. The van der Waals surface area contributed by atoms with E-state index in [4.69, 9.17) is 21.1 Å². The Labute approximate surface area is 186 Å². The largest absolute Gasteiger partial charge is 0.493 e. The molecular weight excluding hydrogens is 478 g/mol. The summed E-state index contributed by atoms with van der Waals surface area (Å²) in [6.45, 7) is 4.10. The molecule has 0 N–H and O–H groups in total. The van der Waals surface area contributed by atoms with Crippen molar-refractivity contribution < 1.29 is 19.1 Å². The SMILES string of the molecule is C=CCN1C(=O)S/C(=C/c2cc(OC)c(OCc3ccc(Cl)cc3)cc2Br)C1=O. The first-order chi connectivity index (χ1) is 13.9. The molecule has 0 aromatic heterocycles. The van der Waals surface area contributed by atoms with E-state index in [9.17, 15) is 9.59 Å². The van der Waals surface area contributed by atoms with Crippen molar-refractivity contribution >= 4 is 56.5 Å². The van der Waals surface area contributed by atoms with Crippen molar-refractivity contribution in [2.45, 2.75) is 6.61 Å². The lowest BCUT2D eigenvalue weighted by molar-refractivity contribution is -0.122. The minimum atomic E-state index is -0.339. The molecule has 8 heteroatoms. The Balaban J connectivity index is 1.83. The van der Waals surface area contributed by atoms with Gasteiger partial charge in [0, 0.05) is 16.0 Å². The Morgan fingerprint density at radius 3 is 2.59 bits per heavy atom. The molecule has 5 nitrogen and oxygen atoms in total. The average Bonchev–Trinajstić information content (AvgIpc) is 2.97. The van der Waals surface area contributed by atoms with Crippen molar-refractivity contribution in [3.05, 3.63) is 74.6 Å². The van der Waals surface area contributed by atoms with Gasteiger partial charge in [-0.2, -0.15) is 0 Å². The number of hydrogen-bond donors (Lipinski definition) is 0. The number of carbonyl (C=O) groups is 2. The normalized spacial score (nSPS) is 15.1. The molecule has 1 aliphatic heterocycles. The van der Waals surface area contributed by atoms with Crippen molar-refractivity contribution in [1.29, 1.82) is 0 Å². The second-order valence-corrected chi connectivity index (χ2v) is 8.30. The molecule has 150 valence electrons. The molecule has 0 saturated carbocycles. The Bertz CT molecular complexity index is 991. The number of methoxy groups -OCH3 is 1. The number of thioether (sulfide) groups is 1. The summed E-state index contributed by atoms with van der Waals surface area (Å²) in [7, 11) is 1.54. The van der Waals surface area contributed by atoms with Crippen molar-refractivity contribution in [2.24, 2.45) is 0 Å². The Hall–Kier alpha value is -2.22. The number of amides is 2. The van der Waals surface area contributed by atoms with E-state index in [2.05, 4.69) is 22.5 Å². The zero-order valence-electron chi connectivity index (χ0n) is 15.5. The Kier molecular flexibility index (Phi) is 7.05. The third-order valence-corrected chi connectivity index (χ3v) is 5.91. The third-order valence-electron chi connectivity index (χ3n) is 4.06. The van der Waals surface area contributed by atoms with Gasteiger partial charge in [-0.05, 0) is 53.2 Å². The molecule has 0 aliphatic carbocycles. The molecule has 29 heavy (non-hydrogen) atoms. The van der Waals surface area contributed by atoms with Crippen molar-refractivity contribution in [2.75, 3.05) is 13.7 Å². The molecule has 1 aliphatic rings. The van der Waals surface area contributed by atoms with Crippen LogP contribution >= 0.6 is 39.3 Å². The highest BCUT2D eigenvalue weighted by molar-refractivity contribution is 9.10. The number of nitrogens with zero attached hydrogens (tertiary/aromatic N) is 1. The maximum atomic E-state index is 12.4. The quantitative estimate of drug-likeness (QED) is 0.354. The number of hydrogen-bond acceptors (Lipinski definition) is 5. The zero-order chi connectivity index (χ0) is 21.0. The highest BCUT2D eigenvalue weighted by Gasteiger charge is 2.34. The van der Waals surface area contributed by atoms with Gasteiger partial charge < -0.3 is 9.47 Å². The Morgan fingerprint density at radius 1 is 1.21 bits per heavy atom. The van der Waals surface area contributed by atoms with Crippen molar-refractivity contribution in [3.8, 4) is 11.5 Å². The van der Waals surface area contributed by atoms with E-state index >= 15 is 0 Å². The summed E-state index contributed by atoms with van der Waals surface area (Å²) in [5.74, 6) is 0.721. The molecule has 2 amide bonds. The number of carbonyl (C=O) groups excluding carboxylic acids is 2. The first kappa shape index (κ1) is 21.5. The summed E-state index contributed by atoms with van der Waals surface area (Å²) >= 11 is 10.3. The second-order valence-electron chi connectivity index (χ2n) is 6.02. The molecule has 1 heterocycles. The lowest BCUT2D eigenvalue weighted by atomic mass is 10.1. The van der Waals surface area contributed by atoms with Crippen LogP contribution in [0.3, 0.4) is 0 Å². The van der Waals surface area contributed by atoms with Crippen LogP contribution in [0.15, 0.2) is 58.4 Å². The summed E-state index contributed by atoms with van der Waals surface area (Å²) in [5.41, 5.74) is 1.66. The molecule has 0 unspecified atom stereocenters. The zero-order valence-corrected chi connectivity index (χ0v) is 18.6. The predicted molar refractivity (Wildman–Crippen MR) is 119 cm³/mol. The highest BCUT2D eigenvalue weighted by atomic mass is 79.9. The number of benzene rings is 2. The van der Waals surface area contributed by atoms with Gasteiger partial charge in [0.25, 0.3) is 11.1 Å². The lowest BCUT2D eigenvalue weighted by Crippen LogP contribution is -2.27. The fourth-order valence-electron chi connectivity index (χ4n) is 2.60. The van der Waals surface area contributed by atoms with E-state index < -0.39 is 0 Å². The first-order valence-electron chi connectivity index (χ1n) is 8.54. The molecule has 0 spiro atoms. The van der Waals surface area contributed by atoms with Gasteiger partial charge in [-0.3, -0.25) is 14.5 Å². The highest BCUT2D eigenvalue weighted by Crippen LogP contribution is 2.38. The number of halogens is 2. The molecule has 2 aromatic rings. The topological polar surface area (TPSA) is 55.8 Å². The molecule has 2 aromatic carbocycles. The fourth-order valence-corrected chi connectivity index (χ4v) is 4.01. The summed E-state index contributed by atoms with van der Waals surface area (Å²) in [6.07, 6.45) is 3.18. The van der Waals surface area contributed by atoms with E-state index in [1.807, 2.05) is 12.1 Å². The van der Waals surface area contributed by atoms with Gasteiger partial charge in [0.1, 0.15) is 6.61 Å². The molecule has 0 bridgehead atoms. The van der Waals surface area contributed by atoms with Crippen molar-refractivity contribution in [1.82, 2.24) is 4.90 Å². The van der Waals surface area contributed by atoms with E-state index in [0.29, 0.717) is 38.1 Å². The van der Waals surface area contributed by atoms with E-state index in [0.717, 1.165) is 22.2 Å².